The van der Waals surface area contributed by atoms with Gasteiger partial charge in [0.25, 0.3) is 5.91 Å². The summed E-state index contributed by atoms with van der Waals surface area (Å²) in [5, 5.41) is 7.47. The fraction of sp³-hybridized carbons (Fsp3) is 0.733. The van der Waals surface area contributed by atoms with E-state index in [0.29, 0.717) is 31.7 Å². The van der Waals surface area contributed by atoms with Gasteiger partial charge in [-0.2, -0.15) is 5.10 Å². The number of hydrogen-bond acceptors (Lipinski definition) is 4. The largest absolute Gasteiger partial charge is 0.351 e. The number of carbonyl (C=O) groups excluding carboxylic acids is 1. The van der Waals surface area contributed by atoms with Crippen molar-refractivity contribution in [3.05, 3.63) is 17.5 Å². The van der Waals surface area contributed by atoms with Crippen LogP contribution in [-0.4, -0.2) is 53.8 Å². The SMILES string of the molecule is CCCS(=O)(=O)N1CCC(c2cc3n(n2)CCCNC3=O)CC1. The van der Waals surface area contributed by atoms with Crippen LogP contribution in [0.4, 0.5) is 0 Å². The molecule has 2 aliphatic rings. The molecule has 1 saturated heterocycles. The Labute approximate surface area is 137 Å². The Kier molecular flexibility index (Phi) is 4.72. The zero-order valence-electron chi connectivity index (χ0n) is 13.5. The first kappa shape index (κ1) is 16.4. The van der Waals surface area contributed by atoms with Gasteiger partial charge in [0.15, 0.2) is 0 Å². The first-order valence-electron chi connectivity index (χ1n) is 8.35. The van der Waals surface area contributed by atoms with Gasteiger partial charge in [0.2, 0.25) is 10.0 Å². The number of amides is 1. The number of hydrogen-bond donors (Lipinski definition) is 1. The highest BCUT2D eigenvalue weighted by Crippen LogP contribution is 2.29. The maximum absolute atomic E-state index is 12.1. The number of piperidine rings is 1. The lowest BCUT2D eigenvalue weighted by Crippen LogP contribution is -2.39. The van der Waals surface area contributed by atoms with Crippen LogP contribution in [0, 0.1) is 0 Å². The zero-order valence-corrected chi connectivity index (χ0v) is 14.3. The average Bonchev–Trinajstić information content (AvgIpc) is 2.88. The molecule has 1 aromatic heterocycles. The van der Waals surface area contributed by atoms with Gasteiger partial charge in [0.1, 0.15) is 5.69 Å². The predicted octanol–water partition coefficient (Wildman–Crippen LogP) is 0.936. The number of rotatable bonds is 4. The maximum atomic E-state index is 12.1. The average molecular weight is 340 g/mol. The summed E-state index contributed by atoms with van der Waals surface area (Å²) in [7, 11) is -3.11. The first-order chi connectivity index (χ1) is 11.0. The quantitative estimate of drug-likeness (QED) is 0.884. The normalized spacial score (nSPS) is 20.8. The van der Waals surface area contributed by atoms with E-state index in [1.165, 1.54) is 0 Å². The summed E-state index contributed by atoms with van der Waals surface area (Å²) >= 11 is 0. The number of aromatic nitrogens is 2. The van der Waals surface area contributed by atoms with Crippen molar-refractivity contribution >= 4 is 15.9 Å². The number of aryl methyl sites for hydroxylation is 1. The summed E-state index contributed by atoms with van der Waals surface area (Å²) in [6.45, 7) is 4.40. The molecule has 128 valence electrons. The van der Waals surface area contributed by atoms with E-state index in [4.69, 9.17) is 0 Å². The first-order valence-corrected chi connectivity index (χ1v) is 9.96. The van der Waals surface area contributed by atoms with Crippen molar-refractivity contribution in [3.8, 4) is 0 Å². The van der Waals surface area contributed by atoms with Crippen LogP contribution in [0.2, 0.25) is 0 Å². The molecule has 0 aliphatic carbocycles. The van der Waals surface area contributed by atoms with Crippen molar-refractivity contribution in [2.24, 2.45) is 0 Å². The molecule has 3 rings (SSSR count). The van der Waals surface area contributed by atoms with Gasteiger partial charge in [-0.1, -0.05) is 6.92 Å². The van der Waals surface area contributed by atoms with Gasteiger partial charge < -0.3 is 5.32 Å². The van der Waals surface area contributed by atoms with Crippen LogP contribution in [0.25, 0.3) is 0 Å². The lowest BCUT2D eigenvalue weighted by atomic mass is 9.94. The van der Waals surface area contributed by atoms with Crippen molar-refractivity contribution in [2.45, 2.75) is 45.1 Å². The summed E-state index contributed by atoms with van der Waals surface area (Å²) in [5.41, 5.74) is 1.54. The Balaban J connectivity index is 1.69. The van der Waals surface area contributed by atoms with E-state index in [0.717, 1.165) is 31.5 Å². The standard InChI is InChI=1S/C15H24N4O3S/c1-2-10-23(21,22)18-8-4-12(5-9-18)13-11-14-15(20)16-6-3-7-19(14)17-13/h11-12H,2-10H2,1H3,(H,16,20). The van der Waals surface area contributed by atoms with Crippen LogP contribution >= 0.6 is 0 Å². The van der Waals surface area contributed by atoms with Gasteiger partial charge >= 0.3 is 0 Å². The van der Waals surface area contributed by atoms with Gasteiger partial charge in [-0.25, -0.2) is 12.7 Å². The van der Waals surface area contributed by atoms with Gasteiger partial charge in [-0.15, -0.1) is 0 Å². The molecule has 23 heavy (non-hydrogen) atoms. The second-order valence-electron chi connectivity index (χ2n) is 6.28. The third kappa shape index (κ3) is 3.42. The molecule has 1 N–H and O–H groups in total. The van der Waals surface area contributed by atoms with Crippen LogP contribution in [-0.2, 0) is 16.6 Å². The highest BCUT2D eigenvalue weighted by atomic mass is 32.2. The fourth-order valence-electron chi connectivity index (χ4n) is 3.33. The van der Waals surface area contributed by atoms with E-state index in [1.807, 2.05) is 13.0 Å². The van der Waals surface area contributed by atoms with Gasteiger partial charge in [-0.3, -0.25) is 9.48 Å². The number of nitrogens with zero attached hydrogens (tertiary/aromatic N) is 3. The third-order valence-corrected chi connectivity index (χ3v) is 6.67. The molecule has 7 nitrogen and oxygen atoms in total. The Morgan fingerprint density at radius 3 is 2.74 bits per heavy atom. The van der Waals surface area contributed by atoms with E-state index < -0.39 is 10.0 Å². The minimum Gasteiger partial charge on any atom is -0.351 e. The Morgan fingerprint density at radius 2 is 2.04 bits per heavy atom. The molecule has 0 bridgehead atoms. The molecular formula is C15H24N4O3S. The van der Waals surface area contributed by atoms with Crippen LogP contribution in [0.3, 0.4) is 0 Å². The highest BCUT2D eigenvalue weighted by molar-refractivity contribution is 7.89. The van der Waals surface area contributed by atoms with E-state index in [1.54, 1.807) is 8.99 Å². The maximum Gasteiger partial charge on any atom is 0.269 e. The predicted molar refractivity (Wildman–Crippen MR) is 86.8 cm³/mol. The number of carbonyl (C=O) groups is 1. The molecular weight excluding hydrogens is 316 g/mol. The molecule has 3 heterocycles. The van der Waals surface area contributed by atoms with E-state index >= 15 is 0 Å². The van der Waals surface area contributed by atoms with E-state index in [-0.39, 0.29) is 17.6 Å². The molecule has 1 fully saturated rings. The zero-order chi connectivity index (χ0) is 16.4. The van der Waals surface area contributed by atoms with Crippen molar-refractivity contribution in [2.75, 3.05) is 25.4 Å². The highest BCUT2D eigenvalue weighted by Gasteiger charge is 2.30. The lowest BCUT2D eigenvalue weighted by Gasteiger charge is -2.30. The van der Waals surface area contributed by atoms with E-state index in [9.17, 15) is 13.2 Å². The summed E-state index contributed by atoms with van der Waals surface area (Å²) < 4.78 is 27.6. The summed E-state index contributed by atoms with van der Waals surface area (Å²) in [5.74, 6) is 0.385. The number of fused-ring (bicyclic) bond motifs is 1. The van der Waals surface area contributed by atoms with Gasteiger partial charge in [-0.05, 0) is 31.7 Å². The smallest absolute Gasteiger partial charge is 0.269 e. The van der Waals surface area contributed by atoms with Crippen molar-refractivity contribution < 1.29 is 13.2 Å². The second kappa shape index (κ2) is 6.60. The minimum atomic E-state index is -3.11. The topological polar surface area (TPSA) is 84.3 Å². The van der Waals surface area contributed by atoms with Crippen LogP contribution < -0.4 is 5.32 Å². The number of nitrogens with one attached hydrogen (secondary N) is 1. The lowest BCUT2D eigenvalue weighted by molar-refractivity contribution is 0.0950. The summed E-state index contributed by atoms with van der Waals surface area (Å²) in [6, 6.07) is 1.88. The summed E-state index contributed by atoms with van der Waals surface area (Å²) in [6.07, 6.45) is 3.06. The molecule has 0 saturated carbocycles. The molecule has 0 atom stereocenters. The molecule has 0 aromatic carbocycles. The Bertz CT molecular complexity index is 675. The van der Waals surface area contributed by atoms with Crippen molar-refractivity contribution in [1.29, 1.82) is 0 Å². The molecule has 1 aromatic rings. The van der Waals surface area contributed by atoms with Gasteiger partial charge in [0.05, 0.1) is 11.4 Å². The van der Waals surface area contributed by atoms with E-state index in [2.05, 4.69) is 10.4 Å². The van der Waals surface area contributed by atoms with Crippen LogP contribution in [0.15, 0.2) is 6.07 Å². The fourth-order valence-corrected chi connectivity index (χ4v) is 4.87. The minimum absolute atomic E-state index is 0.0655. The van der Waals surface area contributed by atoms with Crippen molar-refractivity contribution in [3.63, 3.8) is 0 Å². The van der Waals surface area contributed by atoms with Crippen LogP contribution in [0.1, 0.15) is 54.7 Å². The molecule has 0 unspecified atom stereocenters. The second-order valence-corrected chi connectivity index (χ2v) is 8.36. The Morgan fingerprint density at radius 1 is 1.30 bits per heavy atom. The Hall–Kier alpha value is -1.41. The third-order valence-electron chi connectivity index (χ3n) is 4.59. The summed E-state index contributed by atoms with van der Waals surface area (Å²) in [4.78, 5) is 12.0. The molecule has 8 heteroatoms. The van der Waals surface area contributed by atoms with Crippen molar-refractivity contribution in [1.82, 2.24) is 19.4 Å². The van der Waals surface area contributed by atoms with Gasteiger partial charge in [0, 0.05) is 32.1 Å². The molecule has 0 radical (unpaired) electrons. The molecule has 2 aliphatic heterocycles. The monoisotopic (exact) mass is 340 g/mol. The van der Waals surface area contributed by atoms with Crippen LogP contribution in [0.5, 0.6) is 0 Å². The number of sulfonamides is 1. The molecule has 0 spiro atoms. The molecule has 1 amide bonds.